The van der Waals surface area contributed by atoms with Crippen molar-refractivity contribution in [2.24, 2.45) is 0 Å². The highest BCUT2D eigenvalue weighted by Gasteiger charge is 2.26. The maximum Gasteiger partial charge on any atom is 0.274 e. The minimum atomic E-state index is 0.168. The van der Waals surface area contributed by atoms with E-state index in [1.807, 2.05) is 34.0 Å². The first kappa shape index (κ1) is 19.5. The molecule has 0 radical (unpaired) electrons. The van der Waals surface area contributed by atoms with E-state index >= 15 is 0 Å². The quantitative estimate of drug-likeness (QED) is 0.609. The van der Waals surface area contributed by atoms with Crippen molar-refractivity contribution in [1.29, 1.82) is 0 Å². The topological polar surface area (TPSA) is 55.5 Å². The van der Waals surface area contributed by atoms with E-state index in [1.165, 1.54) is 22.9 Å². The van der Waals surface area contributed by atoms with Gasteiger partial charge in [-0.2, -0.15) is 0 Å². The van der Waals surface area contributed by atoms with Crippen molar-refractivity contribution in [2.75, 3.05) is 36.8 Å². The van der Waals surface area contributed by atoms with E-state index in [0.29, 0.717) is 5.75 Å². The summed E-state index contributed by atoms with van der Waals surface area (Å²) in [7, 11) is 0. The Morgan fingerprint density at radius 1 is 1.10 bits per heavy atom. The highest BCUT2D eigenvalue weighted by atomic mass is 32.2. The Labute approximate surface area is 175 Å². The van der Waals surface area contributed by atoms with Gasteiger partial charge in [-0.05, 0) is 43.2 Å². The predicted octanol–water partition coefficient (Wildman–Crippen LogP) is 2.74. The van der Waals surface area contributed by atoms with Crippen LogP contribution in [0, 0.1) is 13.8 Å². The minimum absolute atomic E-state index is 0.168. The summed E-state index contributed by atoms with van der Waals surface area (Å²) >= 11 is 1.50. The SMILES string of the molecule is Cc1ccc(-n2ccnc2SCC(=O)N2CCN(c3cccc[nH+]3)CC2)cc1C. The van der Waals surface area contributed by atoms with Gasteiger partial charge < -0.3 is 4.90 Å². The van der Waals surface area contributed by atoms with Gasteiger partial charge in [-0.1, -0.05) is 23.9 Å². The first-order chi connectivity index (χ1) is 14.1. The van der Waals surface area contributed by atoms with Crippen LogP contribution in [-0.2, 0) is 4.79 Å². The smallest absolute Gasteiger partial charge is 0.274 e. The van der Waals surface area contributed by atoms with E-state index in [2.05, 4.69) is 53.0 Å². The molecule has 1 N–H and O–H groups in total. The van der Waals surface area contributed by atoms with Crippen LogP contribution in [0.25, 0.3) is 5.69 Å². The number of rotatable bonds is 5. The zero-order valence-electron chi connectivity index (χ0n) is 16.8. The monoisotopic (exact) mass is 408 g/mol. The third-order valence-electron chi connectivity index (χ3n) is 5.37. The van der Waals surface area contributed by atoms with E-state index in [0.717, 1.165) is 42.8 Å². The van der Waals surface area contributed by atoms with E-state index in [-0.39, 0.29) is 5.91 Å². The molecular weight excluding hydrogens is 382 g/mol. The molecule has 1 aromatic carbocycles. The van der Waals surface area contributed by atoms with Crippen molar-refractivity contribution in [3.05, 3.63) is 66.1 Å². The van der Waals surface area contributed by atoms with Gasteiger partial charge in [0, 0.05) is 24.1 Å². The van der Waals surface area contributed by atoms with Gasteiger partial charge in [-0.25, -0.2) is 9.97 Å². The van der Waals surface area contributed by atoms with Gasteiger partial charge in [0.1, 0.15) is 13.1 Å². The first-order valence-corrected chi connectivity index (χ1v) is 10.8. The van der Waals surface area contributed by atoms with Crippen LogP contribution in [0.4, 0.5) is 5.82 Å². The fourth-order valence-corrected chi connectivity index (χ4v) is 4.34. The van der Waals surface area contributed by atoms with Crippen LogP contribution in [0.2, 0.25) is 0 Å². The zero-order valence-corrected chi connectivity index (χ0v) is 17.7. The number of piperazine rings is 1. The van der Waals surface area contributed by atoms with Crippen LogP contribution in [0.15, 0.2) is 60.1 Å². The molecule has 1 aliphatic rings. The second-order valence-corrected chi connectivity index (χ2v) is 8.20. The molecule has 3 aromatic rings. The summed E-state index contributed by atoms with van der Waals surface area (Å²) in [5.74, 6) is 1.67. The van der Waals surface area contributed by atoms with E-state index in [4.69, 9.17) is 0 Å². The number of carbonyl (C=O) groups is 1. The number of H-pyrrole nitrogens is 1. The molecule has 1 amide bonds. The number of aromatic nitrogens is 3. The lowest BCUT2D eigenvalue weighted by molar-refractivity contribution is -0.364. The number of nitrogens with one attached hydrogen (secondary N) is 1. The molecule has 1 fully saturated rings. The van der Waals surface area contributed by atoms with Gasteiger partial charge in [-0.3, -0.25) is 14.3 Å². The standard InChI is InChI=1S/C22H25N5OS/c1-17-6-7-19(15-18(17)2)27-10-9-24-22(27)29-16-21(28)26-13-11-25(12-14-26)20-5-3-4-8-23-20/h3-10,15H,11-14,16H2,1-2H3/p+1. The van der Waals surface area contributed by atoms with Crippen LogP contribution in [0.5, 0.6) is 0 Å². The number of thioether (sulfide) groups is 1. The molecule has 1 saturated heterocycles. The lowest BCUT2D eigenvalue weighted by Gasteiger charge is -2.30. The molecule has 150 valence electrons. The Morgan fingerprint density at radius 2 is 1.93 bits per heavy atom. The largest absolute Gasteiger partial charge is 0.334 e. The Hall–Kier alpha value is -2.80. The second kappa shape index (κ2) is 8.69. The molecule has 6 nitrogen and oxygen atoms in total. The predicted molar refractivity (Wildman–Crippen MR) is 116 cm³/mol. The molecule has 0 spiro atoms. The molecule has 3 heterocycles. The third-order valence-corrected chi connectivity index (χ3v) is 6.32. The molecule has 29 heavy (non-hydrogen) atoms. The van der Waals surface area contributed by atoms with E-state index in [1.54, 1.807) is 6.20 Å². The van der Waals surface area contributed by atoms with Crippen molar-refractivity contribution >= 4 is 23.5 Å². The van der Waals surface area contributed by atoms with Gasteiger partial charge in [0.05, 0.1) is 25.0 Å². The summed E-state index contributed by atoms with van der Waals surface area (Å²) in [6.45, 7) is 7.39. The molecule has 0 unspecified atom stereocenters. The summed E-state index contributed by atoms with van der Waals surface area (Å²) in [5, 5.41) is 0.846. The van der Waals surface area contributed by atoms with Gasteiger partial charge in [0.15, 0.2) is 5.16 Å². The molecule has 0 saturated carbocycles. The van der Waals surface area contributed by atoms with E-state index < -0.39 is 0 Å². The highest BCUT2D eigenvalue weighted by molar-refractivity contribution is 7.99. The van der Waals surface area contributed by atoms with Crippen LogP contribution in [0.3, 0.4) is 0 Å². The number of hydrogen-bond acceptors (Lipinski definition) is 4. The summed E-state index contributed by atoms with van der Waals surface area (Å²) in [5.41, 5.74) is 3.59. The lowest BCUT2D eigenvalue weighted by atomic mass is 10.1. The average molecular weight is 409 g/mol. The Balaban J connectivity index is 1.34. The number of carbonyl (C=O) groups excluding carboxylic acids is 1. The number of amides is 1. The molecule has 0 aliphatic carbocycles. The maximum atomic E-state index is 12.7. The number of hydrogen-bond donors (Lipinski definition) is 0. The van der Waals surface area contributed by atoms with Gasteiger partial charge >= 0.3 is 0 Å². The lowest BCUT2D eigenvalue weighted by Crippen LogP contribution is -2.50. The van der Waals surface area contributed by atoms with Crippen LogP contribution < -0.4 is 9.88 Å². The van der Waals surface area contributed by atoms with Crippen molar-refractivity contribution in [1.82, 2.24) is 14.5 Å². The fraction of sp³-hybridized carbons (Fsp3) is 0.318. The van der Waals surface area contributed by atoms with Crippen molar-refractivity contribution in [2.45, 2.75) is 19.0 Å². The summed E-state index contributed by atoms with van der Waals surface area (Å²) in [6.07, 6.45) is 5.67. The Kier molecular flexibility index (Phi) is 5.85. The summed E-state index contributed by atoms with van der Waals surface area (Å²) in [6, 6.07) is 12.4. The number of aryl methyl sites for hydroxylation is 2. The van der Waals surface area contributed by atoms with Crippen LogP contribution in [-0.4, -0.2) is 52.3 Å². The number of anilines is 1. The molecule has 0 bridgehead atoms. The molecule has 7 heteroatoms. The third kappa shape index (κ3) is 4.45. The number of nitrogens with zero attached hydrogens (tertiary/aromatic N) is 4. The van der Waals surface area contributed by atoms with Crippen molar-refractivity contribution in [3.63, 3.8) is 0 Å². The summed E-state index contributed by atoms with van der Waals surface area (Å²) in [4.78, 5) is 24.7. The maximum absolute atomic E-state index is 12.7. The van der Waals surface area contributed by atoms with Crippen LogP contribution >= 0.6 is 11.8 Å². The number of aromatic amines is 1. The van der Waals surface area contributed by atoms with E-state index in [9.17, 15) is 4.79 Å². The first-order valence-electron chi connectivity index (χ1n) is 9.85. The summed E-state index contributed by atoms with van der Waals surface area (Å²) < 4.78 is 2.05. The molecule has 4 rings (SSSR count). The van der Waals surface area contributed by atoms with Gasteiger partial charge in [0.25, 0.3) is 5.82 Å². The normalized spacial score (nSPS) is 14.3. The number of imidazole rings is 1. The molecule has 2 aromatic heterocycles. The highest BCUT2D eigenvalue weighted by Crippen LogP contribution is 2.23. The Bertz CT molecular complexity index is 980. The molecule has 1 aliphatic heterocycles. The second-order valence-electron chi connectivity index (χ2n) is 7.25. The minimum Gasteiger partial charge on any atom is -0.334 e. The molecular formula is C22H26N5OS+. The Morgan fingerprint density at radius 3 is 2.66 bits per heavy atom. The number of pyridine rings is 1. The number of benzene rings is 1. The van der Waals surface area contributed by atoms with Gasteiger partial charge in [-0.15, -0.1) is 0 Å². The van der Waals surface area contributed by atoms with Crippen molar-refractivity contribution < 1.29 is 9.78 Å². The van der Waals surface area contributed by atoms with Crippen molar-refractivity contribution in [3.8, 4) is 5.69 Å². The zero-order chi connectivity index (χ0) is 20.2. The molecule has 0 atom stereocenters. The fourth-order valence-electron chi connectivity index (χ4n) is 3.46. The average Bonchev–Trinajstić information content (AvgIpc) is 3.23. The van der Waals surface area contributed by atoms with Crippen LogP contribution in [0.1, 0.15) is 11.1 Å². The van der Waals surface area contributed by atoms with Gasteiger partial charge in [0.2, 0.25) is 5.91 Å².